The van der Waals surface area contributed by atoms with Crippen molar-refractivity contribution in [1.82, 2.24) is 14.8 Å². The number of carbonyl (C=O) groups excluding carboxylic acids is 1. The molecule has 3 rings (SSSR count). The molecule has 0 aliphatic carbocycles. The average Bonchev–Trinajstić information content (AvgIpc) is 3.14. The molecule has 1 amide bonds. The molecule has 0 saturated heterocycles. The van der Waals surface area contributed by atoms with Crippen molar-refractivity contribution in [2.24, 2.45) is 0 Å². The number of hydrogen-bond donors (Lipinski definition) is 1. The van der Waals surface area contributed by atoms with E-state index in [0.29, 0.717) is 17.5 Å². The van der Waals surface area contributed by atoms with Crippen molar-refractivity contribution in [3.8, 4) is 11.4 Å². The Kier molecular flexibility index (Phi) is 6.97. The molecule has 170 valence electrons. The highest BCUT2D eigenvalue weighted by Gasteiger charge is 2.30. The maximum atomic E-state index is 12.8. The van der Waals surface area contributed by atoms with Gasteiger partial charge in [-0.05, 0) is 36.1 Å². The first-order valence-corrected chi connectivity index (χ1v) is 11.1. The van der Waals surface area contributed by atoms with E-state index in [1.165, 1.54) is 29.5 Å². The molecule has 0 fully saturated rings. The minimum absolute atomic E-state index is 0.00264. The van der Waals surface area contributed by atoms with Crippen molar-refractivity contribution in [3.05, 3.63) is 59.7 Å². The minimum Gasteiger partial charge on any atom is -0.325 e. The van der Waals surface area contributed by atoms with Gasteiger partial charge in [0.2, 0.25) is 5.91 Å². The van der Waals surface area contributed by atoms with Crippen molar-refractivity contribution in [2.45, 2.75) is 51.0 Å². The van der Waals surface area contributed by atoms with Gasteiger partial charge in [-0.15, -0.1) is 10.2 Å². The number of benzene rings is 2. The van der Waals surface area contributed by atoms with Crippen LogP contribution in [-0.4, -0.2) is 26.4 Å². The normalized spacial score (nSPS) is 12.1. The lowest BCUT2D eigenvalue weighted by Crippen LogP contribution is -2.15. The summed E-state index contributed by atoms with van der Waals surface area (Å²) in [6.45, 7) is 9.02. The fraction of sp³-hybridized carbons (Fsp3) is 0.348. The molecular formula is C23H25F3N4OS. The highest BCUT2D eigenvalue weighted by Crippen LogP contribution is 2.31. The van der Waals surface area contributed by atoms with Gasteiger partial charge < -0.3 is 9.88 Å². The first-order valence-electron chi connectivity index (χ1n) is 10.1. The van der Waals surface area contributed by atoms with Gasteiger partial charge >= 0.3 is 6.18 Å². The summed E-state index contributed by atoms with van der Waals surface area (Å²) in [7, 11) is 0. The smallest absolute Gasteiger partial charge is 0.325 e. The fourth-order valence-electron chi connectivity index (χ4n) is 3.11. The molecule has 5 nitrogen and oxygen atoms in total. The van der Waals surface area contributed by atoms with Gasteiger partial charge in [-0.3, -0.25) is 4.79 Å². The SMILES string of the molecule is CCn1c(SCC(=O)Nc2cccc(C(F)(F)F)c2)nnc1-c1ccc(C(C)(C)C)cc1. The highest BCUT2D eigenvalue weighted by molar-refractivity contribution is 7.99. The molecule has 0 saturated carbocycles. The Morgan fingerprint density at radius 2 is 1.72 bits per heavy atom. The zero-order valence-electron chi connectivity index (χ0n) is 18.3. The van der Waals surface area contributed by atoms with Crippen LogP contribution in [0.1, 0.15) is 38.8 Å². The maximum Gasteiger partial charge on any atom is 0.416 e. The van der Waals surface area contributed by atoms with Gasteiger partial charge in [-0.1, -0.05) is 62.9 Å². The summed E-state index contributed by atoms with van der Waals surface area (Å²) < 4.78 is 40.4. The topological polar surface area (TPSA) is 59.8 Å². The molecule has 0 aliphatic rings. The number of thioether (sulfide) groups is 1. The second-order valence-electron chi connectivity index (χ2n) is 8.29. The molecule has 0 unspecified atom stereocenters. The van der Waals surface area contributed by atoms with Gasteiger partial charge in [0, 0.05) is 17.8 Å². The molecule has 1 heterocycles. The number of nitrogens with one attached hydrogen (secondary N) is 1. The number of amides is 1. The highest BCUT2D eigenvalue weighted by atomic mass is 32.2. The molecule has 0 bridgehead atoms. The van der Waals surface area contributed by atoms with E-state index in [1.807, 2.05) is 23.6 Å². The van der Waals surface area contributed by atoms with Crippen LogP contribution in [0.15, 0.2) is 53.7 Å². The molecule has 0 aliphatic heterocycles. The average molecular weight is 463 g/mol. The fourth-order valence-corrected chi connectivity index (χ4v) is 3.92. The van der Waals surface area contributed by atoms with E-state index in [2.05, 4.69) is 48.4 Å². The molecule has 3 aromatic rings. The standard InChI is InChI=1S/C23H25F3N4OS/c1-5-30-20(15-9-11-16(12-10-15)22(2,3)4)28-29-21(30)32-14-19(31)27-18-8-6-7-17(13-18)23(24,25)26/h6-13H,5,14H2,1-4H3,(H,27,31). The van der Waals surface area contributed by atoms with E-state index < -0.39 is 17.6 Å². The third kappa shape index (κ3) is 5.70. The molecular weight excluding hydrogens is 437 g/mol. The van der Waals surface area contributed by atoms with Crippen LogP contribution < -0.4 is 5.32 Å². The number of hydrogen-bond acceptors (Lipinski definition) is 4. The second-order valence-corrected chi connectivity index (χ2v) is 9.24. The molecule has 32 heavy (non-hydrogen) atoms. The van der Waals surface area contributed by atoms with Crippen molar-refractivity contribution < 1.29 is 18.0 Å². The number of anilines is 1. The van der Waals surface area contributed by atoms with Crippen LogP contribution in [-0.2, 0) is 22.9 Å². The van der Waals surface area contributed by atoms with Gasteiger partial charge in [0.25, 0.3) is 0 Å². The largest absolute Gasteiger partial charge is 0.416 e. The van der Waals surface area contributed by atoms with Gasteiger partial charge in [-0.25, -0.2) is 0 Å². The predicted octanol–water partition coefficient (Wildman–Crippen LogP) is 6.01. The third-order valence-corrected chi connectivity index (χ3v) is 5.81. The molecule has 1 aromatic heterocycles. The van der Waals surface area contributed by atoms with Crippen molar-refractivity contribution >= 4 is 23.4 Å². The third-order valence-electron chi connectivity index (χ3n) is 4.85. The monoisotopic (exact) mass is 462 g/mol. The first-order chi connectivity index (χ1) is 15.0. The molecule has 0 spiro atoms. The minimum atomic E-state index is -4.46. The Balaban J connectivity index is 1.69. The Bertz CT molecular complexity index is 1090. The second kappa shape index (κ2) is 9.36. The Morgan fingerprint density at radius 1 is 1.03 bits per heavy atom. The van der Waals surface area contributed by atoms with Gasteiger partial charge in [0.05, 0.1) is 11.3 Å². The van der Waals surface area contributed by atoms with Crippen LogP contribution in [0.2, 0.25) is 0 Å². The van der Waals surface area contributed by atoms with Crippen LogP contribution >= 0.6 is 11.8 Å². The summed E-state index contributed by atoms with van der Waals surface area (Å²) in [6, 6.07) is 12.7. The number of carbonyl (C=O) groups is 1. The molecule has 1 N–H and O–H groups in total. The zero-order chi connectivity index (χ0) is 23.5. The number of aromatic nitrogens is 3. The summed E-state index contributed by atoms with van der Waals surface area (Å²) in [5, 5.41) is 11.6. The molecule has 9 heteroatoms. The molecule has 0 atom stereocenters. The van der Waals surface area contributed by atoms with Gasteiger partial charge in [0.1, 0.15) is 0 Å². The number of halogens is 3. The van der Waals surface area contributed by atoms with Gasteiger partial charge in [-0.2, -0.15) is 13.2 Å². The quantitative estimate of drug-likeness (QED) is 0.456. The van der Waals surface area contributed by atoms with E-state index in [9.17, 15) is 18.0 Å². The summed E-state index contributed by atoms with van der Waals surface area (Å²) >= 11 is 1.19. The lowest BCUT2D eigenvalue weighted by atomic mass is 9.87. The first kappa shape index (κ1) is 23.8. The van der Waals surface area contributed by atoms with E-state index >= 15 is 0 Å². The van der Waals surface area contributed by atoms with Crippen LogP contribution in [0.4, 0.5) is 18.9 Å². The van der Waals surface area contributed by atoms with Crippen molar-refractivity contribution in [1.29, 1.82) is 0 Å². The summed E-state index contributed by atoms with van der Waals surface area (Å²) in [5.74, 6) is 0.280. The maximum absolute atomic E-state index is 12.8. The van der Waals surface area contributed by atoms with Crippen LogP contribution in [0.5, 0.6) is 0 Å². The van der Waals surface area contributed by atoms with Crippen LogP contribution in [0.25, 0.3) is 11.4 Å². The van der Waals surface area contributed by atoms with E-state index in [0.717, 1.165) is 17.7 Å². The van der Waals surface area contributed by atoms with E-state index in [-0.39, 0.29) is 16.9 Å². The predicted molar refractivity (Wildman–Crippen MR) is 121 cm³/mol. The number of alkyl halides is 3. The van der Waals surface area contributed by atoms with E-state index in [4.69, 9.17) is 0 Å². The molecule has 0 radical (unpaired) electrons. The zero-order valence-corrected chi connectivity index (χ0v) is 19.1. The summed E-state index contributed by atoms with van der Waals surface area (Å²) in [6.07, 6.45) is -4.46. The lowest BCUT2D eigenvalue weighted by Gasteiger charge is -2.19. The summed E-state index contributed by atoms with van der Waals surface area (Å²) in [5.41, 5.74) is 1.47. The Hall–Kier alpha value is -2.81. The van der Waals surface area contributed by atoms with Crippen LogP contribution in [0.3, 0.4) is 0 Å². The van der Waals surface area contributed by atoms with Crippen molar-refractivity contribution in [3.63, 3.8) is 0 Å². The lowest BCUT2D eigenvalue weighted by molar-refractivity contribution is -0.137. The van der Waals surface area contributed by atoms with Crippen LogP contribution in [0, 0.1) is 0 Å². The Morgan fingerprint density at radius 3 is 2.31 bits per heavy atom. The van der Waals surface area contributed by atoms with Gasteiger partial charge in [0.15, 0.2) is 11.0 Å². The summed E-state index contributed by atoms with van der Waals surface area (Å²) in [4.78, 5) is 12.3. The molecule has 2 aromatic carbocycles. The number of nitrogens with zero attached hydrogens (tertiary/aromatic N) is 3. The number of rotatable bonds is 6. The van der Waals surface area contributed by atoms with Crippen molar-refractivity contribution in [2.75, 3.05) is 11.1 Å². The van der Waals surface area contributed by atoms with E-state index in [1.54, 1.807) is 0 Å². The Labute approximate surface area is 189 Å².